The van der Waals surface area contributed by atoms with Crippen molar-refractivity contribution in [1.82, 2.24) is 0 Å². The molecule has 0 aliphatic carbocycles. The van der Waals surface area contributed by atoms with E-state index < -0.39 is 26.8 Å². The predicted octanol–water partition coefficient (Wildman–Crippen LogP) is 0.0917. The number of ether oxygens (including phenoxy) is 1. The van der Waals surface area contributed by atoms with Crippen molar-refractivity contribution in [2.24, 2.45) is 5.73 Å². The molecule has 6 heteroatoms. The van der Waals surface area contributed by atoms with Crippen molar-refractivity contribution >= 4 is 15.8 Å². The molecule has 0 aliphatic rings. The third-order valence-corrected chi connectivity index (χ3v) is 4.30. The van der Waals surface area contributed by atoms with E-state index in [0.717, 1.165) is 0 Å². The van der Waals surface area contributed by atoms with Crippen LogP contribution >= 0.6 is 0 Å². The molecule has 0 rings (SSSR count). The first-order valence-electron chi connectivity index (χ1n) is 5.05. The molecule has 0 aliphatic heterocycles. The van der Waals surface area contributed by atoms with Crippen molar-refractivity contribution in [2.45, 2.75) is 31.9 Å². The molecular weight excluding hydrogens is 218 g/mol. The lowest BCUT2D eigenvalue weighted by molar-refractivity contribution is -0.139. The van der Waals surface area contributed by atoms with Gasteiger partial charge in [0.2, 0.25) is 0 Å². The van der Waals surface area contributed by atoms with Crippen LogP contribution in [0.2, 0.25) is 0 Å². The van der Waals surface area contributed by atoms with Gasteiger partial charge < -0.3 is 10.5 Å². The summed E-state index contributed by atoms with van der Waals surface area (Å²) >= 11 is 0. The monoisotopic (exact) mass is 237 g/mol. The van der Waals surface area contributed by atoms with Crippen molar-refractivity contribution in [2.75, 3.05) is 18.9 Å². The van der Waals surface area contributed by atoms with Crippen LogP contribution in [-0.4, -0.2) is 38.5 Å². The van der Waals surface area contributed by atoms with E-state index in [9.17, 15) is 13.2 Å². The van der Waals surface area contributed by atoms with Crippen molar-refractivity contribution in [3.8, 4) is 0 Å². The third-order valence-electron chi connectivity index (χ3n) is 2.08. The van der Waals surface area contributed by atoms with Gasteiger partial charge in [-0.05, 0) is 26.3 Å². The van der Waals surface area contributed by atoms with Crippen LogP contribution in [0, 0.1) is 0 Å². The zero-order valence-electron chi connectivity index (χ0n) is 9.23. The lowest BCUT2D eigenvalue weighted by atomic mass is 10.2. The molecule has 5 nitrogen and oxygen atoms in total. The molecule has 0 saturated heterocycles. The summed E-state index contributed by atoms with van der Waals surface area (Å²) in [5.74, 6) is -1.23. The fourth-order valence-corrected chi connectivity index (χ4v) is 2.96. The van der Waals surface area contributed by atoms with Gasteiger partial charge in [0.1, 0.15) is 5.75 Å². The molecule has 0 amide bonds. The Bertz CT molecular complexity index is 286. The number of rotatable bonds is 7. The molecule has 0 aromatic carbocycles. The van der Waals surface area contributed by atoms with Crippen LogP contribution in [0.15, 0.2) is 0 Å². The molecule has 0 heterocycles. The molecule has 0 radical (unpaired) electrons. The van der Waals surface area contributed by atoms with Crippen LogP contribution in [0.3, 0.4) is 0 Å². The second-order valence-electron chi connectivity index (χ2n) is 3.22. The van der Waals surface area contributed by atoms with E-state index in [1.807, 2.05) is 0 Å². The van der Waals surface area contributed by atoms with E-state index in [1.165, 1.54) is 0 Å². The molecular formula is C9H19NO4S. The van der Waals surface area contributed by atoms with Crippen LogP contribution in [0.25, 0.3) is 0 Å². The SMILES string of the molecule is CCOC(=O)CS(=O)(=O)C(CC)CCN. The van der Waals surface area contributed by atoms with Crippen LogP contribution in [0.1, 0.15) is 26.7 Å². The molecule has 0 bridgehead atoms. The van der Waals surface area contributed by atoms with Gasteiger partial charge in [-0.2, -0.15) is 0 Å². The summed E-state index contributed by atoms with van der Waals surface area (Å²) in [4.78, 5) is 11.1. The molecule has 0 saturated carbocycles. The highest BCUT2D eigenvalue weighted by Gasteiger charge is 2.26. The van der Waals surface area contributed by atoms with Gasteiger partial charge in [0.05, 0.1) is 11.9 Å². The van der Waals surface area contributed by atoms with E-state index in [2.05, 4.69) is 4.74 Å². The average molecular weight is 237 g/mol. The largest absolute Gasteiger partial charge is 0.465 e. The minimum absolute atomic E-state index is 0.196. The van der Waals surface area contributed by atoms with E-state index in [0.29, 0.717) is 19.4 Å². The fraction of sp³-hybridized carbons (Fsp3) is 0.889. The summed E-state index contributed by atoms with van der Waals surface area (Å²) in [6.45, 7) is 3.91. The number of carbonyl (C=O) groups is 1. The average Bonchev–Trinajstić information content (AvgIpc) is 2.13. The smallest absolute Gasteiger partial charge is 0.321 e. The molecule has 0 spiro atoms. The molecule has 1 unspecified atom stereocenters. The number of nitrogens with two attached hydrogens (primary N) is 1. The zero-order chi connectivity index (χ0) is 11.9. The Kier molecular flexibility index (Phi) is 6.51. The minimum Gasteiger partial charge on any atom is -0.465 e. The number of hydrogen-bond donors (Lipinski definition) is 1. The van der Waals surface area contributed by atoms with Crippen molar-refractivity contribution in [3.63, 3.8) is 0 Å². The van der Waals surface area contributed by atoms with Gasteiger partial charge >= 0.3 is 5.97 Å². The predicted molar refractivity (Wildman–Crippen MR) is 58.2 cm³/mol. The van der Waals surface area contributed by atoms with Gasteiger partial charge in [0, 0.05) is 0 Å². The second-order valence-corrected chi connectivity index (χ2v) is 5.50. The van der Waals surface area contributed by atoms with Gasteiger partial charge in [0.25, 0.3) is 0 Å². The lowest BCUT2D eigenvalue weighted by Gasteiger charge is -2.13. The molecule has 15 heavy (non-hydrogen) atoms. The highest BCUT2D eigenvalue weighted by atomic mass is 32.2. The van der Waals surface area contributed by atoms with Crippen molar-refractivity contribution in [3.05, 3.63) is 0 Å². The van der Waals surface area contributed by atoms with Crippen molar-refractivity contribution < 1.29 is 17.9 Å². The Morgan fingerprint density at radius 1 is 1.40 bits per heavy atom. The number of esters is 1. The van der Waals surface area contributed by atoms with Crippen molar-refractivity contribution in [1.29, 1.82) is 0 Å². The number of sulfone groups is 1. The Labute approximate surface area is 90.9 Å². The summed E-state index contributed by atoms with van der Waals surface area (Å²) in [5, 5.41) is -0.535. The van der Waals surface area contributed by atoms with E-state index in [1.54, 1.807) is 13.8 Å². The normalized spacial score (nSPS) is 13.5. The first-order valence-corrected chi connectivity index (χ1v) is 6.76. The first kappa shape index (κ1) is 14.4. The molecule has 90 valence electrons. The van der Waals surface area contributed by atoms with Gasteiger partial charge in [0.15, 0.2) is 9.84 Å². The molecule has 0 fully saturated rings. The topological polar surface area (TPSA) is 86.5 Å². The summed E-state index contributed by atoms with van der Waals surface area (Å²) in [5.41, 5.74) is 5.31. The maximum atomic E-state index is 11.7. The quantitative estimate of drug-likeness (QED) is 0.634. The van der Waals surface area contributed by atoms with E-state index in [-0.39, 0.29) is 6.61 Å². The van der Waals surface area contributed by atoms with Crippen LogP contribution in [0.5, 0.6) is 0 Å². The van der Waals surface area contributed by atoms with E-state index in [4.69, 9.17) is 5.73 Å². The van der Waals surface area contributed by atoms with Crippen LogP contribution in [0.4, 0.5) is 0 Å². The van der Waals surface area contributed by atoms with Gasteiger partial charge in [-0.25, -0.2) is 8.42 Å². The molecule has 2 N–H and O–H groups in total. The molecule has 0 aromatic heterocycles. The Hall–Kier alpha value is -0.620. The number of hydrogen-bond acceptors (Lipinski definition) is 5. The molecule has 1 atom stereocenters. The summed E-state index contributed by atoms with van der Waals surface area (Å²) in [6.07, 6.45) is 0.858. The minimum atomic E-state index is -3.41. The number of carbonyl (C=O) groups excluding carboxylic acids is 1. The lowest BCUT2D eigenvalue weighted by Crippen LogP contribution is -2.30. The Morgan fingerprint density at radius 3 is 2.40 bits per heavy atom. The Balaban J connectivity index is 4.44. The maximum Gasteiger partial charge on any atom is 0.321 e. The van der Waals surface area contributed by atoms with E-state index >= 15 is 0 Å². The first-order chi connectivity index (χ1) is 6.97. The zero-order valence-corrected chi connectivity index (χ0v) is 10.0. The van der Waals surface area contributed by atoms with Gasteiger partial charge in [-0.3, -0.25) is 4.79 Å². The third kappa shape index (κ3) is 5.13. The highest BCUT2D eigenvalue weighted by molar-refractivity contribution is 7.92. The Morgan fingerprint density at radius 2 is 2.00 bits per heavy atom. The summed E-state index contributed by atoms with van der Waals surface area (Å²) in [6, 6.07) is 0. The summed E-state index contributed by atoms with van der Waals surface area (Å²) in [7, 11) is -3.41. The highest BCUT2D eigenvalue weighted by Crippen LogP contribution is 2.11. The van der Waals surface area contributed by atoms with Gasteiger partial charge in [-0.1, -0.05) is 6.92 Å². The standard InChI is InChI=1S/C9H19NO4S/c1-3-8(5-6-10)15(12,13)7-9(11)14-4-2/h8H,3-7,10H2,1-2H3. The summed E-state index contributed by atoms with van der Waals surface area (Å²) < 4.78 is 28.0. The van der Waals surface area contributed by atoms with Gasteiger partial charge in [-0.15, -0.1) is 0 Å². The van der Waals surface area contributed by atoms with Crippen LogP contribution < -0.4 is 5.73 Å². The second kappa shape index (κ2) is 6.79. The van der Waals surface area contributed by atoms with Crippen LogP contribution in [-0.2, 0) is 19.4 Å². The fourth-order valence-electron chi connectivity index (χ4n) is 1.31. The molecule has 0 aromatic rings. The maximum absolute atomic E-state index is 11.7.